The second kappa shape index (κ2) is 6.18. The number of ether oxygens (including phenoxy) is 1. The van der Waals surface area contributed by atoms with Crippen LogP contribution in [0.2, 0.25) is 0 Å². The van der Waals surface area contributed by atoms with Crippen LogP contribution in [-0.2, 0) is 0 Å². The highest BCUT2D eigenvalue weighted by Gasteiger charge is 2.08. The lowest BCUT2D eigenvalue weighted by Gasteiger charge is -2.07. The first-order valence-electron chi connectivity index (χ1n) is 6.43. The van der Waals surface area contributed by atoms with E-state index >= 15 is 0 Å². The van der Waals surface area contributed by atoms with E-state index in [1.807, 2.05) is 6.08 Å². The molecule has 0 saturated heterocycles. The van der Waals surface area contributed by atoms with Crippen molar-refractivity contribution in [3.63, 3.8) is 0 Å². The third kappa shape index (κ3) is 3.68. The second-order valence-corrected chi connectivity index (χ2v) is 4.58. The summed E-state index contributed by atoms with van der Waals surface area (Å²) < 4.78 is 5.77. The molecule has 0 spiro atoms. The molecule has 1 atom stereocenters. The Balaban J connectivity index is 2.13. The fourth-order valence-corrected chi connectivity index (χ4v) is 1.85. The van der Waals surface area contributed by atoms with E-state index in [0.717, 1.165) is 18.6 Å². The number of pyridine rings is 1. The number of rotatable bonds is 3. The van der Waals surface area contributed by atoms with Crippen LogP contribution in [0.5, 0.6) is 5.75 Å². The minimum Gasteiger partial charge on any atom is -0.458 e. The van der Waals surface area contributed by atoms with Gasteiger partial charge in [0.15, 0.2) is 0 Å². The average Bonchev–Trinajstić information content (AvgIpc) is 2.63. The molecular weight excluding hydrogens is 240 g/mol. The predicted octanol–water partition coefficient (Wildman–Crippen LogP) is 2.69. The minimum absolute atomic E-state index is 0.218. The molecule has 1 heterocycles. The molecule has 0 radical (unpaired) electrons. The maximum absolute atomic E-state index is 11.5. The van der Waals surface area contributed by atoms with Crippen LogP contribution in [0, 0.1) is 5.92 Å². The summed E-state index contributed by atoms with van der Waals surface area (Å²) in [5.41, 5.74) is 0.353. The van der Waals surface area contributed by atoms with Crippen molar-refractivity contribution in [2.45, 2.75) is 19.8 Å². The monoisotopic (exact) mass is 258 g/mol. The third-order valence-corrected chi connectivity index (χ3v) is 2.98. The van der Waals surface area contributed by atoms with E-state index in [1.165, 1.54) is 0 Å². The lowest BCUT2D eigenvalue weighted by Crippen LogP contribution is -2.19. The van der Waals surface area contributed by atoms with Crippen molar-refractivity contribution in [1.82, 2.24) is 10.3 Å². The van der Waals surface area contributed by atoms with Crippen molar-refractivity contribution in [2.75, 3.05) is 7.05 Å². The van der Waals surface area contributed by atoms with Crippen molar-refractivity contribution in [1.29, 1.82) is 0 Å². The maximum atomic E-state index is 11.5. The van der Waals surface area contributed by atoms with Gasteiger partial charge in [-0.15, -0.1) is 0 Å². The fraction of sp³-hybridized carbons (Fsp3) is 0.333. The number of carbonyl (C=O) groups excluding carboxylic acids is 1. The molecule has 1 unspecified atom stereocenters. The van der Waals surface area contributed by atoms with Gasteiger partial charge in [0.05, 0.1) is 0 Å². The van der Waals surface area contributed by atoms with Crippen molar-refractivity contribution in [3.8, 4) is 5.75 Å². The van der Waals surface area contributed by atoms with Gasteiger partial charge in [-0.2, -0.15) is 0 Å². The number of allylic oxidation sites excluding steroid dienone is 3. The zero-order chi connectivity index (χ0) is 13.7. The lowest BCUT2D eigenvalue weighted by molar-refractivity contribution is 0.0958. The van der Waals surface area contributed by atoms with Crippen molar-refractivity contribution < 1.29 is 9.53 Å². The molecule has 4 heteroatoms. The number of hydrogen-bond donors (Lipinski definition) is 1. The van der Waals surface area contributed by atoms with Gasteiger partial charge in [0.1, 0.15) is 17.2 Å². The van der Waals surface area contributed by atoms with E-state index in [2.05, 4.69) is 29.4 Å². The summed E-state index contributed by atoms with van der Waals surface area (Å²) >= 11 is 0. The van der Waals surface area contributed by atoms with Gasteiger partial charge in [-0.1, -0.05) is 13.0 Å². The Morgan fingerprint density at radius 2 is 2.37 bits per heavy atom. The van der Waals surface area contributed by atoms with Gasteiger partial charge in [0.25, 0.3) is 5.91 Å². The minimum atomic E-state index is -0.218. The van der Waals surface area contributed by atoms with Crippen LogP contribution in [-0.4, -0.2) is 17.9 Å². The number of amides is 1. The summed E-state index contributed by atoms with van der Waals surface area (Å²) in [6.45, 7) is 2.18. The molecule has 100 valence electrons. The number of aromatic nitrogens is 1. The lowest BCUT2D eigenvalue weighted by atomic mass is 10.1. The van der Waals surface area contributed by atoms with E-state index in [9.17, 15) is 4.79 Å². The van der Waals surface area contributed by atoms with Crippen molar-refractivity contribution >= 4 is 5.91 Å². The van der Waals surface area contributed by atoms with Crippen LogP contribution in [0.4, 0.5) is 0 Å². The van der Waals surface area contributed by atoms with Crippen LogP contribution in [0.15, 0.2) is 42.3 Å². The second-order valence-electron chi connectivity index (χ2n) is 4.58. The highest BCUT2D eigenvalue weighted by atomic mass is 16.5. The largest absolute Gasteiger partial charge is 0.458 e. The molecule has 1 aromatic heterocycles. The Morgan fingerprint density at radius 1 is 1.53 bits per heavy atom. The molecule has 0 fully saturated rings. The fourth-order valence-electron chi connectivity index (χ4n) is 1.85. The van der Waals surface area contributed by atoms with Gasteiger partial charge in [-0.05, 0) is 37.0 Å². The van der Waals surface area contributed by atoms with Crippen LogP contribution in [0.3, 0.4) is 0 Å². The standard InChI is InChI=1S/C15H18N2O2/c1-11-4-3-5-12(7-6-11)19-13-8-9-17-14(10-13)15(18)16-2/h5-11H,3-4H2,1-2H3,(H,16,18). The molecule has 0 aromatic carbocycles. The molecule has 19 heavy (non-hydrogen) atoms. The molecule has 0 bridgehead atoms. The van der Waals surface area contributed by atoms with Crippen LogP contribution < -0.4 is 10.1 Å². The normalized spacial score (nSPS) is 18.4. The summed E-state index contributed by atoms with van der Waals surface area (Å²) in [4.78, 5) is 15.5. The molecule has 0 saturated carbocycles. The smallest absolute Gasteiger partial charge is 0.269 e. The summed E-state index contributed by atoms with van der Waals surface area (Å²) in [7, 11) is 1.58. The van der Waals surface area contributed by atoms with E-state index in [0.29, 0.717) is 17.4 Å². The van der Waals surface area contributed by atoms with Gasteiger partial charge < -0.3 is 10.1 Å². The van der Waals surface area contributed by atoms with Gasteiger partial charge in [0.2, 0.25) is 0 Å². The van der Waals surface area contributed by atoms with E-state index in [4.69, 9.17) is 4.74 Å². The highest BCUT2D eigenvalue weighted by molar-refractivity contribution is 5.92. The number of carbonyl (C=O) groups is 1. The number of nitrogens with one attached hydrogen (secondary N) is 1. The first kappa shape index (κ1) is 13.3. The maximum Gasteiger partial charge on any atom is 0.269 e. The average molecular weight is 258 g/mol. The first-order chi connectivity index (χ1) is 9.19. The molecule has 1 aromatic rings. The molecule has 1 amide bonds. The van der Waals surface area contributed by atoms with Gasteiger partial charge in [-0.25, -0.2) is 0 Å². The molecule has 0 aliphatic heterocycles. The SMILES string of the molecule is CNC(=O)c1cc(OC2=CCCC(C)C=C2)ccn1. The summed E-state index contributed by atoms with van der Waals surface area (Å²) in [5.74, 6) is 1.79. The zero-order valence-electron chi connectivity index (χ0n) is 11.2. The quantitative estimate of drug-likeness (QED) is 0.906. The number of nitrogens with zero attached hydrogens (tertiary/aromatic N) is 1. The third-order valence-electron chi connectivity index (χ3n) is 2.98. The highest BCUT2D eigenvalue weighted by Crippen LogP contribution is 2.20. The van der Waals surface area contributed by atoms with Crippen LogP contribution in [0.1, 0.15) is 30.3 Å². The summed E-state index contributed by atoms with van der Waals surface area (Å²) in [6.07, 6.45) is 9.89. The van der Waals surface area contributed by atoms with Gasteiger partial charge >= 0.3 is 0 Å². The Bertz CT molecular complexity index is 521. The van der Waals surface area contributed by atoms with Crippen LogP contribution >= 0.6 is 0 Å². The van der Waals surface area contributed by atoms with E-state index in [-0.39, 0.29) is 5.91 Å². The molecular formula is C15H18N2O2. The Hall–Kier alpha value is -2.10. The molecule has 1 N–H and O–H groups in total. The molecule has 2 rings (SSSR count). The molecule has 1 aliphatic carbocycles. The van der Waals surface area contributed by atoms with E-state index < -0.39 is 0 Å². The van der Waals surface area contributed by atoms with Gasteiger partial charge in [-0.3, -0.25) is 9.78 Å². The van der Waals surface area contributed by atoms with Crippen molar-refractivity contribution in [2.24, 2.45) is 5.92 Å². The Labute approximate surface area is 113 Å². The van der Waals surface area contributed by atoms with Gasteiger partial charge in [0, 0.05) is 19.3 Å². The summed E-state index contributed by atoms with van der Waals surface area (Å²) in [5, 5.41) is 2.54. The zero-order valence-corrected chi connectivity index (χ0v) is 11.2. The predicted molar refractivity (Wildman–Crippen MR) is 73.9 cm³/mol. The van der Waals surface area contributed by atoms with E-state index in [1.54, 1.807) is 25.4 Å². The Kier molecular flexibility index (Phi) is 4.34. The Morgan fingerprint density at radius 3 is 3.16 bits per heavy atom. The number of hydrogen-bond acceptors (Lipinski definition) is 3. The topological polar surface area (TPSA) is 51.2 Å². The molecule has 1 aliphatic rings. The molecule has 4 nitrogen and oxygen atoms in total. The van der Waals surface area contributed by atoms with Crippen LogP contribution in [0.25, 0.3) is 0 Å². The summed E-state index contributed by atoms with van der Waals surface area (Å²) in [6, 6.07) is 3.39. The first-order valence-corrected chi connectivity index (χ1v) is 6.43. The van der Waals surface area contributed by atoms with Crippen molar-refractivity contribution in [3.05, 3.63) is 48.0 Å².